The predicted molar refractivity (Wildman–Crippen MR) is 79.6 cm³/mol. The van der Waals surface area contributed by atoms with Crippen molar-refractivity contribution < 1.29 is 17.9 Å². The molecule has 0 radical (unpaired) electrons. The van der Waals surface area contributed by atoms with Gasteiger partial charge in [0, 0.05) is 26.3 Å². The lowest BCUT2D eigenvalue weighted by atomic mass is 10.1. The Morgan fingerprint density at radius 1 is 1.48 bits per heavy atom. The summed E-state index contributed by atoms with van der Waals surface area (Å²) >= 11 is 0. The van der Waals surface area contributed by atoms with E-state index in [0.717, 1.165) is 31.6 Å². The van der Waals surface area contributed by atoms with Crippen LogP contribution in [-0.4, -0.2) is 35.3 Å². The molecule has 1 aliphatic rings. The summed E-state index contributed by atoms with van der Waals surface area (Å²) in [6, 6.07) is 4.88. The first kappa shape index (κ1) is 16.2. The first-order valence-electron chi connectivity index (χ1n) is 7.01. The summed E-state index contributed by atoms with van der Waals surface area (Å²) in [7, 11) is -2.13. The topological polar surface area (TPSA) is 90.7 Å². The van der Waals surface area contributed by atoms with Crippen molar-refractivity contribution >= 4 is 10.0 Å². The molecule has 1 aliphatic heterocycles. The monoisotopic (exact) mass is 314 g/mol. The van der Waals surface area contributed by atoms with Crippen molar-refractivity contribution in [2.24, 2.45) is 11.7 Å². The van der Waals surface area contributed by atoms with E-state index in [9.17, 15) is 8.42 Å². The van der Waals surface area contributed by atoms with Crippen molar-refractivity contribution in [3.63, 3.8) is 0 Å². The first-order valence-corrected chi connectivity index (χ1v) is 8.49. The third kappa shape index (κ3) is 4.16. The standard InChI is InChI=1S/C14H22N2O4S/c1-19-13-8-12(9-15)2-3-14(13)21(17,18)16-6-4-11-5-7-20-10-11/h2-3,8,11,16H,4-7,9-10,15H2,1H3. The second-order valence-corrected chi connectivity index (χ2v) is 6.84. The lowest BCUT2D eigenvalue weighted by Crippen LogP contribution is -2.26. The van der Waals surface area contributed by atoms with E-state index in [1.165, 1.54) is 13.2 Å². The van der Waals surface area contributed by atoms with Crippen LogP contribution in [0.1, 0.15) is 18.4 Å². The Labute approximate surface area is 125 Å². The van der Waals surface area contributed by atoms with Crippen LogP contribution in [0, 0.1) is 5.92 Å². The highest BCUT2D eigenvalue weighted by Gasteiger charge is 2.21. The molecule has 1 saturated heterocycles. The van der Waals surface area contributed by atoms with Crippen LogP contribution >= 0.6 is 0 Å². The minimum absolute atomic E-state index is 0.143. The van der Waals surface area contributed by atoms with Crippen molar-refractivity contribution in [2.45, 2.75) is 24.3 Å². The Morgan fingerprint density at radius 3 is 2.90 bits per heavy atom. The summed E-state index contributed by atoms with van der Waals surface area (Å²) in [5.41, 5.74) is 6.38. The quantitative estimate of drug-likeness (QED) is 0.779. The molecule has 7 heteroatoms. The maximum Gasteiger partial charge on any atom is 0.244 e. The van der Waals surface area contributed by atoms with Crippen LogP contribution in [0.2, 0.25) is 0 Å². The van der Waals surface area contributed by atoms with Gasteiger partial charge < -0.3 is 15.2 Å². The number of methoxy groups -OCH3 is 1. The van der Waals surface area contributed by atoms with E-state index >= 15 is 0 Å². The summed E-state index contributed by atoms with van der Waals surface area (Å²) in [6.07, 6.45) is 1.78. The zero-order valence-corrected chi connectivity index (χ0v) is 13.0. The highest BCUT2D eigenvalue weighted by Crippen LogP contribution is 2.25. The van der Waals surface area contributed by atoms with Crippen LogP contribution in [0.3, 0.4) is 0 Å². The van der Waals surface area contributed by atoms with E-state index in [4.69, 9.17) is 15.2 Å². The van der Waals surface area contributed by atoms with Crippen molar-refractivity contribution in [2.75, 3.05) is 26.9 Å². The number of rotatable bonds is 7. The molecule has 0 amide bonds. The van der Waals surface area contributed by atoms with Gasteiger partial charge in [-0.1, -0.05) is 6.07 Å². The third-order valence-electron chi connectivity index (χ3n) is 3.62. The highest BCUT2D eigenvalue weighted by molar-refractivity contribution is 7.89. The van der Waals surface area contributed by atoms with Gasteiger partial charge in [0.2, 0.25) is 10.0 Å². The van der Waals surface area contributed by atoms with E-state index in [1.807, 2.05) is 0 Å². The molecule has 0 aromatic heterocycles. The fourth-order valence-corrected chi connectivity index (χ4v) is 3.54. The number of nitrogens with one attached hydrogen (secondary N) is 1. The summed E-state index contributed by atoms with van der Waals surface area (Å²) in [5, 5.41) is 0. The Morgan fingerprint density at radius 2 is 2.29 bits per heavy atom. The zero-order chi connectivity index (χ0) is 15.3. The summed E-state index contributed by atoms with van der Waals surface area (Å²) < 4.78 is 37.7. The van der Waals surface area contributed by atoms with Gasteiger partial charge in [-0.15, -0.1) is 0 Å². The molecule has 3 N–H and O–H groups in total. The smallest absolute Gasteiger partial charge is 0.244 e. The number of hydrogen-bond acceptors (Lipinski definition) is 5. The zero-order valence-electron chi connectivity index (χ0n) is 12.2. The second-order valence-electron chi connectivity index (χ2n) is 5.11. The maximum atomic E-state index is 12.3. The van der Waals surface area contributed by atoms with E-state index in [0.29, 0.717) is 24.8 Å². The van der Waals surface area contributed by atoms with Crippen molar-refractivity contribution in [1.29, 1.82) is 0 Å². The fourth-order valence-electron chi connectivity index (χ4n) is 2.35. The molecule has 1 fully saturated rings. The molecule has 1 aromatic rings. The van der Waals surface area contributed by atoms with E-state index in [2.05, 4.69) is 4.72 Å². The molecule has 1 unspecified atom stereocenters. The van der Waals surface area contributed by atoms with Gasteiger partial charge in [-0.05, 0) is 36.5 Å². The molecule has 0 aliphatic carbocycles. The van der Waals surface area contributed by atoms with E-state index in [-0.39, 0.29) is 4.90 Å². The molecule has 1 heterocycles. The molecule has 2 rings (SSSR count). The van der Waals surface area contributed by atoms with Gasteiger partial charge in [0.15, 0.2) is 0 Å². The molecule has 118 valence electrons. The van der Waals surface area contributed by atoms with Crippen molar-refractivity contribution in [3.05, 3.63) is 23.8 Å². The van der Waals surface area contributed by atoms with Gasteiger partial charge in [0.05, 0.1) is 7.11 Å². The largest absolute Gasteiger partial charge is 0.495 e. The van der Waals surface area contributed by atoms with E-state index in [1.54, 1.807) is 12.1 Å². The molecule has 1 atom stereocenters. The Kier molecular flexibility index (Phi) is 5.58. The first-order chi connectivity index (χ1) is 10.1. The van der Waals surface area contributed by atoms with Gasteiger partial charge in [-0.25, -0.2) is 13.1 Å². The van der Waals surface area contributed by atoms with Crippen LogP contribution in [0.15, 0.2) is 23.1 Å². The Balaban J connectivity index is 2.04. The highest BCUT2D eigenvalue weighted by atomic mass is 32.2. The number of sulfonamides is 1. The summed E-state index contributed by atoms with van der Waals surface area (Å²) in [6.45, 7) is 2.23. The Bertz CT molecular complexity index is 568. The van der Waals surface area contributed by atoms with Crippen LogP contribution in [0.25, 0.3) is 0 Å². The van der Waals surface area contributed by atoms with Crippen LogP contribution in [0.4, 0.5) is 0 Å². The Hall–Kier alpha value is -1.15. The van der Waals surface area contributed by atoms with Gasteiger partial charge in [0.25, 0.3) is 0 Å². The molecule has 6 nitrogen and oxygen atoms in total. The SMILES string of the molecule is COc1cc(CN)ccc1S(=O)(=O)NCCC1CCOC1. The van der Waals surface area contributed by atoms with E-state index < -0.39 is 10.0 Å². The molecular formula is C14H22N2O4S. The number of nitrogens with two attached hydrogens (primary N) is 1. The molecule has 1 aromatic carbocycles. The third-order valence-corrected chi connectivity index (χ3v) is 5.12. The van der Waals surface area contributed by atoms with Gasteiger partial charge in [-0.3, -0.25) is 0 Å². The maximum absolute atomic E-state index is 12.3. The minimum atomic E-state index is -3.58. The molecule has 0 saturated carbocycles. The summed E-state index contributed by atoms with van der Waals surface area (Å²) in [4.78, 5) is 0.143. The predicted octanol–water partition coefficient (Wildman–Crippen LogP) is 0.859. The average Bonchev–Trinajstić information content (AvgIpc) is 2.99. The van der Waals surface area contributed by atoms with Crippen molar-refractivity contribution in [1.82, 2.24) is 4.72 Å². The van der Waals surface area contributed by atoms with Gasteiger partial charge in [0.1, 0.15) is 10.6 Å². The summed E-state index contributed by atoms with van der Waals surface area (Å²) in [5.74, 6) is 0.754. The molecule has 0 bridgehead atoms. The van der Waals surface area contributed by atoms with Crippen LogP contribution in [-0.2, 0) is 21.3 Å². The normalized spacial score (nSPS) is 18.9. The molecule has 21 heavy (non-hydrogen) atoms. The average molecular weight is 314 g/mol. The van der Waals surface area contributed by atoms with Gasteiger partial charge >= 0.3 is 0 Å². The number of hydrogen-bond donors (Lipinski definition) is 2. The van der Waals surface area contributed by atoms with Crippen LogP contribution < -0.4 is 15.2 Å². The lowest BCUT2D eigenvalue weighted by Gasteiger charge is -2.13. The number of benzene rings is 1. The lowest BCUT2D eigenvalue weighted by molar-refractivity contribution is 0.184. The number of ether oxygens (including phenoxy) is 2. The minimum Gasteiger partial charge on any atom is -0.495 e. The fraction of sp³-hybridized carbons (Fsp3) is 0.571. The molecular weight excluding hydrogens is 292 g/mol. The molecule has 0 spiro atoms. The van der Waals surface area contributed by atoms with Gasteiger partial charge in [-0.2, -0.15) is 0 Å². The van der Waals surface area contributed by atoms with Crippen LogP contribution in [0.5, 0.6) is 5.75 Å². The second kappa shape index (κ2) is 7.22. The van der Waals surface area contributed by atoms with Crippen molar-refractivity contribution in [3.8, 4) is 5.75 Å².